The van der Waals surface area contributed by atoms with Crippen LogP contribution in [-0.4, -0.2) is 67.1 Å². The van der Waals surface area contributed by atoms with E-state index < -0.39 is 5.41 Å². The van der Waals surface area contributed by atoms with E-state index in [1.54, 1.807) is 11.5 Å². The predicted octanol–water partition coefficient (Wildman–Crippen LogP) is 11.0. The molecule has 1 saturated heterocycles. The Balaban J connectivity index is 0.000000163. The minimum absolute atomic E-state index is 0.00323. The first kappa shape index (κ1) is 48.1. The SMILES string of the molecule is CC(=O)n1c(C(C)(C)C)cc2cc(CC(=O)C3(c4ccc5c(c4)OCO5)CC3)ccc21.CC(C)(C)c1cc2cc(CC(=O)C3(c4ccc5c(c4)OCO5)CC3)ccc2n1CCN.CF.[2H]C1CCCO1. The van der Waals surface area contributed by atoms with Gasteiger partial charge in [-0.3, -0.25) is 23.3 Å². The number of ketones is 2. The van der Waals surface area contributed by atoms with Gasteiger partial charge in [-0.25, -0.2) is 0 Å². The summed E-state index contributed by atoms with van der Waals surface area (Å²) < 4.78 is 47.2. The van der Waals surface area contributed by atoms with Crippen LogP contribution < -0.4 is 24.7 Å². The summed E-state index contributed by atoms with van der Waals surface area (Å²) >= 11 is 0. The quantitative estimate of drug-likeness (QED) is 0.142. The molecule has 3 aliphatic heterocycles. The molecule has 5 aliphatic rings. The lowest BCUT2D eigenvalue weighted by Crippen LogP contribution is -2.22. The molecule has 2 saturated carbocycles. The lowest BCUT2D eigenvalue weighted by molar-refractivity contribution is -0.121. The van der Waals surface area contributed by atoms with Crippen LogP contribution >= 0.6 is 0 Å². The third kappa shape index (κ3) is 10.2. The fraction of sp³-hybridized carbons (Fsp3) is 0.456. The largest absolute Gasteiger partial charge is 0.454 e. The lowest BCUT2D eigenvalue weighted by Gasteiger charge is -2.21. The van der Waals surface area contributed by atoms with Gasteiger partial charge in [0.1, 0.15) is 11.6 Å². The predicted molar refractivity (Wildman–Crippen MR) is 268 cm³/mol. The van der Waals surface area contributed by atoms with E-state index >= 15 is 0 Å². The number of halogens is 1. The van der Waals surface area contributed by atoms with Crippen molar-refractivity contribution in [2.75, 3.05) is 40.5 Å². The number of Topliss-reactive ketones (excluding diaryl/α,β-unsaturated/α-hetero) is 2. The molecule has 12 heteroatoms. The number of aromatic nitrogens is 2. The fourth-order valence-corrected chi connectivity index (χ4v) is 9.91. The van der Waals surface area contributed by atoms with E-state index in [2.05, 4.69) is 82.5 Å². The molecule has 4 aromatic carbocycles. The molecule has 69 heavy (non-hydrogen) atoms. The number of rotatable bonds is 10. The van der Waals surface area contributed by atoms with E-state index in [4.69, 9.17) is 30.8 Å². The fourth-order valence-electron chi connectivity index (χ4n) is 9.91. The summed E-state index contributed by atoms with van der Waals surface area (Å²) in [5, 5.41) is 2.18. The number of carbonyl (C=O) groups is 3. The Morgan fingerprint density at radius 1 is 0.638 bits per heavy atom. The summed E-state index contributed by atoms with van der Waals surface area (Å²) in [5.74, 6) is 3.47. The topological polar surface area (TPSA) is 133 Å². The molecule has 2 aliphatic carbocycles. The average Bonchev–Trinajstić information content (AvgIpc) is 3.88. The standard InChI is InChI=1S/C26H30N2O3.C26H27NO4.C4H8O.CH3F/c1-25(2,3)23-14-18-12-17(4-6-20(18)28(23)11-10-27)13-24(29)26(8-9-26)19-5-7-21-22(15-19)31-16-30-21;1-16(28)27-20-7-5-17(11-18(20)13-23(27)25(2,3)4)12-24(29)26(9-10-26)19-6-8-21-22(14-19)31-15-30-21;1-2-4-5-3-1;1-2/h4-7,12,14-15H,8-11,13,16,27H2,1-3H3;5-8,11,13-14H,9-10,12,15H2,1-4H3;1-4H2;1H3/i;;3D;. The molecule has 0 radical (unpaired) electrons. The highest BCUT2D eigenvalue weighted by molar-refractivity contribution is 5.98. The molecule has 2 N–H and O–H groups in total. The molecular formula is C57H68FN3O8. The first-order valence-corrected chi connectivity index (χ1v) is 24.2. The molecule has 11 rings (SSSR count). The maximum atomic E-state index is 13.4. The van der Waals surface area contributed by atoms with E-state index in [0.717, 1.165) is 114 Å². The van der Waals surface area contributed by atoms with Gasteiger partial charge < -0.3 is 34.0 Å². The zero-order valence-corrected chi connectivity index (χ0v) is 41.5. The van der Waals surface area contributed by atoms with Crippen molar-refractivity contribution < 1.29 is 43.8 Å². The van der Waals surface area contributed by atoms with Crippen molar-refractivity contribution in [1.29, 1.82) is 0 Å². The minimum atomic E-state index is -0.419. The zero-order valence-electron chi connectivity index (χ0n) is 42.5. The summed E-state index contributed by atoms with van der Waals surface area (Å²) in [4.78, 5) is 39.0. The highest BCUT2D eigenvalue weighted by atomic mass is 19.1. The highest BCUT2D eigenvalue weighted by Crippen LogP contribution is 2.53. The van der Waals surface area contributed by atoms with Crippen LogP contribution in [0.25, 0.3) is 21.8 Å². The van der Waals surface area contributed by atoms with Crippen LogP contribution in [0, 0.1) is 0 Å². The molecule has 3 fully saturated rings. The van der Waals surface area contributed by atoms with Crippen molar-refractivity contribution in [3.8, 4) is 23.0 Å². The number of carbonyl (C=O) groups excluding carboxylic acids is 3. The molecular weight excluding hydrogens is 874 g/mol. The number of alkyl halides is 1. The summed E-state index contributed by atoms with van der Waals surface area (Å²) in [5.41, 5.74) is 13.4. The normalized spacial score (nSPS) is 18.0. The molecule has 6 aromatic rings. The van der Waals surface area contributed by atoms with E-state index in [1.807, 2.05) is 48.5 Å². The van der Waals surface area contributed by atoms with Gasteiger partial charge in [-0.05, 0) is 121 Å². The molecule has 0 spiro atoms. The number of ether oxygens (including phenoxy) is 5. The third-order valence-electron chi connectivity index (χ3n) is 13.9. The lowest BCUT2D eigenvalue weighted by atomic mass is 9.87. The van der Waals surface area contributed by atoms with Crippen molar-refractivity contribution in [1.82, 2.24) is 9.13 Å². The van der Waals surface area contributed by atoms with E-state index in [-0.39, 0.29) is 53.9 Å². The van der Waals surface area contributed by atoms with Crippen LogP contribution in [0.4, 0.5) is 4.39 Å². The van der Waals surface area contributed by atoms with Crippen LogP contribution in [0.3, 0.4) is 0 Å². The van der Waals surface area contributed by atoms with Crippen molar-refractivity contribution in [2.24, 2.45) is 5.73 Å². The van der Waals surface area contributed by atoms with Gasteiger partial charge in [0.05, 0.1) is 24.9 Å². The molecule has 1 atom stereocenters. The highest BCUT2D eigenvalue weighted by Gasteiger charge is 2.52. The van der Waals surface area contributed by atoms with Crippen LogP contribution in [0.2, 0.25) is 0 Å². The Bertz CT molecular complexity index is 2910. The number of hydrogen-bond donors (Lipinski definition) is 1. The third-order valence-corrected chi connectivity index (χ3v) is 13.9. The Labute approximate surface area is 406 Å². The first-order chi connectivity index (χ1) is 33.4. The second kappa shape index (κ2) is 19.8. The Kier molecular flexibility index (Phi) is 13.8. The van der Waals surface area contributed by atoms with Gasteiger partial charge in [0.2, 0.25) is 19.5 Å². The molecule has 11 nitrogen and oxygen atoms in total. The summed E-state index contributed by atoms with van der Waals surface area (Å²) in [6.45, 7) is 17.0. The number of benzene rings is 4. The zero-order chi connectivity index (χ0) is 50.2. The minimum Gasteiger partial charge on any atom is -0.454 e. The van der Waals surface area contributed by atoms with Crippen molar-refractivity contribution >= 4 is 39.3 Å². The van der Waals surface area contributed by atoms with Crippen molar-refractivity contribution in [3.05, 3.63) is 119 Å². The van der Waals surface area contributed by atoms with Gasteiger partial charge in [0, 0.05) is 84.6 Å². The number of nitrogens with two attached hydrogens (primary N) is 1. The van der Waals surface area contributed by atoms with Gasteiger partial charge in [0.15, 0.2) is 23.0 Å². The maximum Gasteiger partial charge on any atom is 0.231 e. The Morgan fingerprint density at radius 3 is 1.54 bits per heavy atom. The van der Waals surface area contributed by atoms with Crippen LogP contribution in [0.5, 0.6) is 23.0 Å². The van der Waals surface area contributed by atoms with Crippen LogP contribution in [0.1, 0.15) is 127 Å². The number of fused-ring (bicyclic) bond motifs is 4. The molecule has 366 valence electrons. The van der Waals surface area contributed by atoms with E-state index in [9.17, 15) is 18.8 Å². The Hall–Kier alpha value is -5.98. The van der Waals surface area contributed by atoms with E-state index in [0.29, 0.717) is 26.6 Å². The van der Waals surface area contributed by atoms with Gasteiger partial charge in [-0.1, -0.05) is 65.8 Å². The summed E-state index contributed by atoms with van der Waals surface area (Å²) in [6, 6.07) is 28.5. The number of nitrogens with zero attached hydrogens (tertiary/aromatic N) is 2. The first-order valence-electron chi connectivity index (χ1n) is 24.7. The molecule has 2 aromatic heterocycles. The Morgan fingerprint density at radius 2 is 1.12 bits per heavy atom. The van der Waals surface area contributed by atoms with Gasteiger partial charge in [0.25, 0.3) is 0 Å². The molecule has 0 amide bonds. The van der Waals surface area contributed by atoms with Gasteiger partial charge >= 0.3 is 0 Å². The van der Waals surface area contributed by atoms with Crippen LogP contribution in [-0.2, 0) is 55.4 Å². The molecule has 5 heterocycles. The summed E-state index contributed by atoms with van der Waals surface area (Å²) in [7, 11) is 0.500. The second-order valence-corrected chi connectivity index (χ2v) is 20.8. The van der Waals surface area contributed by atoms with Crippen molar-refractivity contribution in [3.63, 3.8) is 0 Å². The summed E-state index contributed by atoms with van der Waals surface area (Å²) in [6.07, 6.45) is 6.35. The smallest absolute Gasteiger partial charge is 0.231 e. The van der Waals surface area contributed by atoms with Gasteiger partial charge in [-0.15, -0.1) is 0 Å². The number of hydrogen-bond acceptors (Lipinski definition) is 9. The van der Waals surface area contributed by atoms with E-state index in [1.165, 1.54) is 16.6 Å². The van der Waals surface area contributed by atoms with Crippen LogP contribution in [0.15, 0.2) is 84.9 Å². The molecule has 1 unspecified atom stereocenters. The molecule has 0 bridgehead atoms. The van der Waals surface area contributed by atoms with Gasteiger partial charge in [-0.2, -0.15) is 0 Å². The monoisotopic (exact) mass is 943 g/mol. The van der Waals surface area contributed by atoms with Crippen molar-refractivity contribution in [2.45, 2.75) is 128 Å². The maximum absolute atomic E-state index is 13.4. The second-order valence-electron chi connectivity index (χ2n) is 20.8. The average molecular weight is 943 g/mol.